The quantitative estimate of drug-likeness (QED) is 0.632. The van der Waals surface area contributed by atoms with Gasteiger partial charge in [0.25, 0.3) is 5.91 Å². The molecule has 2 aromatic rings. The maximum absolute atomic E-state index is 13.7. The molecule has 4 aliphatic rings. The van der Waals surface area contributed by atoms with Crippen LogP contribution in [0, 0.1) is 24.7 Å². The molecule has 2 bridgehead atoms. The summed E-state index contributed by atoms with van der Waals surface area (Å²) in [5.74, 6) is 6.62. The number of nitrogens with zero attached hydrogens (tertiary/aromatic N) is 2. The third-order valence-corrected chi connectivity index (χ3v) is 9.25. The van der Waals surface area contributed by atoms with Crippen molar-refractivity contribution in [1.82, 2.24) is 9.80 Å². The molecule has 1 amide bonds. The molecule has 6 heteroatoms. The van der Waals surface area contributed by atoms with Crippen molar-refractivity contribution in [3.63, 3.8) is 0 Å². The summed E-state index contributed by atoms with van der Waals surface area (Å²) >= 11 is 0. The van der Waals surface area contributed by atoms with E-state index in [0.717, 1.165) is 41.6 Å². The highest BCUT2D eigenvalue weighted by atomic mass is 16.5. The zero-order chi connectivity index (χ0) is 26.1. The molecule has 2 N–H and O–H groups in total. The highest BCUT2D eigenvalue weighted by molar-refractivity contribution is 5.94. The molecule has 0 unspecified atom stereocenters. The average molecular weight is 501 g/mol. The maximum Gasteiger partial charge on any atom is 0.299 e. The van der Waals surface area contributed by atoms with Crippen molar-refractivity contribution in [2.75, 3.05) is 20.1 Å². The second kappa shape index (κ2) is 8.51. The lowest BCUT2D eigenvalue weighted by atomic mass is 9.48. The molecule has 0 aromatic heterocycles. The number of hydrogen-bond acceptors (Lipinski definition) is 5. The molecule has 1 saturated carbocycles. The number of ether oxygens (including phenoxy) is 1. The van der Waals surface area contributed by atoms with Gasteiger partial charge in [0.1, 0.15) is 6.10 Å². The molecule has 194 valence electrons. The van der Waals surface area contributed by atoms with Crippen molar-refractivity contribution < 1.29 is 19.7 Å². The van der Waals surface area contributed by atoms with Crippen LogP contribution in [0.5, 0.6) is 11.5 Å². The molecule has 6 rings (SSSR count). The van der Waals surface area contributed by atoms with Crippen LogP contribution in [0.1, 0.15) is 55.4 Å². The van der Waals surface area contributed by atoms with Gasteiger partial charge in [-0.05, 0) is 81.4 Å². The predicted octanol–water partition coefficient (Wildman–Crippen LogP) is 3.39. The Morgan fingerprint density at radius 2 is 2.08 bits per heavy atom. The van der Waals surface area contributed by atoms with Gasteiger partial charge >= 0.3 is 0 Å². The van der Waals surface area contributed by atoms with Crippen molar-refractivity contribution >= 4 is 5.91 Å². The fourth-order valence-corrected chi connectivity index (χ4v) is 7.73. The van der Waals surface area contributed by atoms with Crippen molar-refractivity contribution in [3.8, 4) is 23.3 Å². The van der Waals surface area contributed by atoms with Gasteiger partial charge in [-0.1, -0.05) is 38.0 Å². The lowest BCUT2D eigenvalue weighted by Crippen LogP contribution is -2.78. The number of carbonyl (C=O) groups is 1. The largest absolute Gasteiger partial charge is 0.504 e. The molecule has 5 atom stereocenters. The monoisotopic (exact) mass is 500 g/mol. The first-order valence-electron chi connectivity index (χ1n) is 13.5. The predicted molar refractivity (Wildman–Crippen MR) is 142 cm³/mol. The zero-order valence-electron chi connectivity index (χ0n) is 22.1. The number of carbonyl (C=O) groups excluding carboxylic acids is 1. The van der Waals surface area contributed by atoms with Crippen LogP contribution < -0.4 is 4.74 Å². The average Bonchev–Trinajstić information content (AvgIpc) is 3.21. The van der Waals surface area contributed by atoms with Gasteiger partial charge in [0.15, 0.2) is 11.5 Å². The molecule has 2 heterocycles. The number of likely N-dealkylation sites (tertiary alicyclic amines) is 1. The number of amides is 1. The summed E-state index contributed by atoms with van der Waals surface area (Å²) in [6, 6.07) is 11.3. The number of phenolic OH excluding ortho intramolecular Hbond substituents is 1. The Bertz CT molecular complexity index is 1330. The lowest BCUT2D eigenvalue weighted by Gasteiger charge is -2.64. The molecular weight excluding hydrogens is 464 g/mol. The van der Waals surface area contributed by atoms with Crippen molar-refractivity contribution in [1.29, 1.82) is 0 Å². The van der Waals surface area contributed by atoms with Crippen LogP contribution in [-0.4, -0.2) is 69.8 Å². The van der Waals surface area contributed by atoms with Crippen LogP contribution in [0.3, 0.4) is 0 Å². The molecule has 37 heavy (non-hydrogen) atoms. The molecule has 2 aliphatic heterocycles. The third-order valence-electron chi connectivity index (χ3n) is 9.25. The molecule has 1 saturated heterocycles. The van der Waals surface area contributed by atoms with Crippen molar-refractivity contribution in [2.45, 2.75) is 75.7 Å². The van der Waals surface area contributed by atoms with Gasteiger partial charge in [0, 0.05) is 29.6 Å². The van der Waals surface area contributed by atoms with Crippen LogP contribution in [0.2, 0.25) is 0 Å². The van der Waals surface area contributed by atoms with E-state index >= 15 is 0 Å². The fraction of sp³-hybridized carbons (Fsp3) is 0.516. The van der Waals surface area contributed by atoms with E-state index < -0.39 is 17.1 Å². The number of hydrogen-bond donors (Lipinski definition) is 2. The van der Waals surface area contributed by atoms with Crippen LogP contribution in [0.25, 0.3) is 0 Å². The van der Waals surface area contributed by atoms with Crippen molar-refractivity contribution in [3.05, 3.63) is 58.7 Å². The van der Waals surface area contributed by atoms with Gasteiger partial charge < -0.3 is 24.7 Å². The van der Waals surface area contributed by atoms with Gasteiger partial charge in [-0.2, -0.15) is 0 Å². The Labute approximate surface area is 219 Å². The van der Waals surface area contributed by atoms with E-state index in [1.807, 2.05) is 42.2 Å². The summed E-state index contributed by atoms with van der Waals surface area (Å²) in [6.45, 7) is 7.61. The number of piperidine rings is 1. The van der Waals surface area contributed by atoms with E-state index in [0.29, 0.717) is 25.1 Å². The van der Waals surface area contributed by atoms with E-state index in [-0.39, 0.29) is 29.7 Å². The van der Waals surface area contributed by atoms with Gasteiger partial charge in [-0.15, -0.1) is 0 Å². The Morgan fingerprint density at radius 3 is 2.84 bits per heavy atom. The van der Waals surface area contributed by atoms with Crippen molar-refractivity contribution in [2.24, 2.45) is 5.92 Å². The summed E-state index contributed by atoms with van der Waals surface area (Å²) in [4.78, 5) is 17.9. The van der Waals surface area contributed by atoms with Gasteiger partial charge in [0.05, 0.1) is 17.1 Å². The number of phenols is 1. The normalized spacial score (nSPS) is 31.2. The minimum Gasteiger partial charge on any atom is -0.504 e. The molecule has 1 spiro atoms. The number of benzene rings is 2. The highest BCUT2D eigenvalue weighted by Gasteiger charge is 2.73. The summed E-state index contributed by atoms with van der Waals surface area (Å²) in [7, 11) is 2.09. The Morgan fingerprint density at radius 1 is 1.27 bits per heavy atom. The Balaban J connectivity index is 1.43. The Kier molecular flexibility index (Phi) is 5.60. The first kappa shape index (κ1) is 24.3. The smallest absolute Gasteiger partial charge is 0.299 e. The first-order chi connectivity index (χ1) is 17.7. The van der Waals surface area contributed by atoms with Crippen LogP contribution >= 0.6 is 0 Å². The van der Waals surface area contributed by atoms with Crippen LogP contribution in [0.4, 0.5) is 0 Å². The lowest BCUT2D eigenvalue weighted by molar-refractivity contribution is -0.197. The summed E-state index contributed by atoms with van der Waals surface area (Å²) in [6.07, 6.45) is 2.22. The van der Waals surface area contributed by atoms with E-state index in [2.05, 4.69) is 37.6 Å². The number of likely N-dealkylation sites (N-methyl/N-ethyl adjacent to an activating group) is 1. The molecule has 6 nitrogen and oxygen atoms in total. The number of aryl methyl sites for hydroxylation is 1. The topological polar surface area (TPSA) is 73.2 Å². The van der Waals surface area contributed by atoms with Crippen LogP contribution in [0.15, 0.2) is 36.4 Å². The molecule has 0 radical (unpaired) electrons. The van der Waals surface area contributed by atoms with E-state index in [1.54, 1.807) is 6.07 Å². The number of rotatable bonds is 3. The highest BCUT2D eigenvalue weighted by Crippen LogP contribution is 2.65. The van der Waals surface area contributed by atoms with E-state index in [1.165, 1.54) is 0 Å². The number of aromatic hydroxyl groups is 1. The summed E-state index contributed by atoms with van der Waals surface area (Å²) in [5, 5.41) is 23.3. The molecule has 2 aromatic carbocycles. The van der Waals surface area contributed by atoms with Crippen LogP contribution in [-0.2, 0) is 16.6 Å². The van der Waals surface area contributed by atoms with Gasteiger partial charge in [0.2, 0.25) is 0 Å². The minimum atomic E-state index is -0.979. The third kappa shape index (κ3) is 3.44. The fourth-order valence-electron chi connectivity index (χ4n) is 7.73. The first-order valence-corrected chi connectivity index (χ1v) is 13.5. The second-order valence-corrected chi connectivity index (χ2v) is 11.9. The van der Waals surface area contributed by atoms with Gasteiger partial charge in [-0.3, -0.25) is 4.79 Å². The number of aliphatic hydroxyl groups is 1. The second-order valence-electron chi connectivity index (χ2n) is 11.9. The van der Waals surface area contributed by atoms with E-state index in [4.69, 9.17) is 4.74 Å². The summed E-state index contributed by atoms with van der Waals surface area (Å²) < 4.78 is 6.64. The molecule has 2 fully saturated rings. The summed E-state index contributed by atoms with van der Waals surface area (Å²) in [5.41, 5.74) is 2.39. The Hall–Kier alpha value is -3.01. The standard InChI is InChI=1S/C31H36N2O4/c1-19(2)18-33(26(35)11-8-21-7-5-6-20(3)16-21)23-12-13-31(36)25-17-22-9-10-24(34)28-27(22)30(31,29(23)37-28)14-15-32(25)4/h5-7,9-10,16,19,23,25,29,34,36H,12-15,17-18H2,1-4H3/t23-,25+,29-,30-,31+/m0/s1. The SMILES string of the molecule is Cc1cccc(C#CC(=O)N(CC(C)C)[C@H]2CC[C@@]3(O)[C@H]4Cc5ccc(O)c6c5[C@@]3(CCN4C)[C@H]2O6)c1. The zero-order valence-corrected chi connectivity index (χ0v) is 22.1. The maximum atomic E-state index is 13.7. The minimum absolute atomic E-state index is 0.0216. The van der Waals surface area contributed by atoms with E-state index in [9.17, 15) is 15.0 Å². The van der Waals surface area contributed by atoms with Gasteiger partial charge in [-0.25, -0.2) is 0 Å². The molecular formula is C31H36N2O4. The molecule has 2 aliphatic carbocycles.